The van der Waals surface area contributed by atoms with Gasteiger partial charge in [-0.2, -0.15) is 5.26 Å². The van der Waals surface area contributed by atoms with Gasteiger partial charge in [0.15, 0.2) is 0 Å². The predicted octanol–water partition coefficient (Wildman–Crippen LogP) is 4.64. The van der Waals surface area contributed by atoms with Crippen LogP contribution in [0.3, 0.4) is 0 Å². The molecule has 0 fully saturated rings. The van der Waals surface area contributed by atoms with Crippen LogP contribution in [-0.4, -0.2) is 10.8 Å². The van der Waals surface area contributed by atoms with E-state index in [4.69, 9.17) is 10.1 Å². The summed E-state index contributed by atoms with van der Waals surface area (Å²) in [5.41, 5.74) is 3.66. The Bertz CT molecular complexity index is 916. The van der Waals surface area contributed by atoms with Crippen LogP contribution < -0.4 is 0 Å². The van der Waals surface area contributed by atoms with Crippen molar-refractivity contribution in [2.45, 2.75) is 26.5 Å². The fourth-order valence-electron chi connectivity index (χ4n) is 2.72. The molecule has 0 saturated heterocycles. The van der Waals surface area contributed by atoms with Crippen molar-refractivity contribution >= 4 is 17.1 Å². The largest absolute Gasteiger partial charge is 0.391 e. The van der Waals surface area contributed by atoms with Crippen molar-refractivity contribution in [1.29, 1.82) is 5.26 Å². The van der Waals surface area contributed by atoms with Crippen molar-refractivity contribution in [3.63, 3.8) is 0 Å². The highest BCUT2D eigenvalue weighted by molar-refractivity contribution is 5.99. The molecule has 0 spiro atoms. The molecule has 120 valence electrons. The van der Waals surface area contributed by atoms with Gasteiger partial charge in [-0.1, -0.05) is 41.6 Å². The van der Waals surface area contributed by atoms with E-state index in [2.05, 4.69) is 48.0 Å². The number of oxime groups is 1. The van der Waals surface area contributed by atoms with Gasteiger partial charge in [-0.05, 0) is 26.0 Å². The Kier molecular flexibility index (Phi) is 4.62. The lowest BCUT2D eigenvalue weighted by Gasteiger charge is -2.08. The molecule has 1 aromatic heterocycles. The van der Waals surface area contributed by atoms with Crippen LogP contribution in [0.2, 0.25) is 0 Å². The molecule has 0 aliphatic rings. The SMILES string of the molecule is CC(C)n1cc(/C=N\OCc2ccccc2C#N)c2ccccc21. The van der Waals surface area contributed by atoms with Gasteiger partial charge in [0, 0.05) is 34.3 Å². The van der Waals surface area contributed by atoms with Crippen molar-refractivity contribution in [1.82, 2.24) is 4.57 Å². The van der Waals surface area contributed by atoms with Crippen molar-refractivity contribution < 1.29 is 4.84 Å². The highest BCUT2D eigenvalue weighted by Gasteiger charge is 2.08. The molecule has 0 bridgehead atoms. The molecule has 4 heteroatoms. The van der Waals surface area contributed by atoms with Crippen LogP contribution in [0.25, 0.3) is 10.9 Å². The van der Waals surface area contributed by atoms with Gasteiger partial charge in [0.2, 0.25) is 0 Å². The molecule has 0 saturated carbocycles. The molecule has 3 aromatic rings. The molecule has 0 amide bonds. The normalized spacial score (nSPS) is 11.2. The highest BCUT2D eigenvalue weighted by atomic mass is 16.6. The zero-order chi connectivity index (χ0) is 16.9. The number of nitriles is 1. The standard InChI is InChI=1S/C20H19N3O/c1-15(2)23-13-18(19-9-5-6-10-20(19)23)12-22-24-14-17-8-4-3-7-16(17)11-21/h3-10,12-13,15H,14H2,1-2H3/b22-12-. The van der Waals surface area contributed by atoms with E-state index in [1.807, 2.05) is 30.3 Å². The summed E-state index contributed by atoms with van der Waals surface area (Å²) in [5.74, 6) is 0. The van der Waals surface area contributed by atoms with E-state index < -0.39 is 0 Å². The molecular formula is C20H19N3O. The molecule has 24 heavy (non-hydrogen) atoms. The Balaban J connectivity index is 1.78. The Morgan fingerprint density at radius 2 is 1.92 bits per heavy atom. The molecule has 0 aliphatic heterocycles. The molecule has 0 unspecified atom stereocenters. The summed E-state index contributed by atoms with van der Waals surface area (Å²) in [6.45, 7) is 4.59. The van der Waals surface area contributed by atoms with E-state index in [9.17, 15) is 0 Å². The number of hydrogen-bond donors (Lipinski definition) is 0. The minimum atomic E-state index is 0.281. The fraction of sp³-hybridized carbons (Fsp3) is 0.200. The molecule has 3 rings (SSSR count). The second kappa shape index (κ2) is 7.01. The van der Waals surface area contributed by atoms with E-state index in [1.54, 1.807) is 12.3 Å². The second-order valence-electron chi connectivity index (χ2n) is 5.88. The highest BCUT2D eigenvalue weighted by Crippen LogP contribution is 2.23. The van der Waals surface area contributed by atoms with E-state index >= 15 is 0 Å². The van der Waals surface area contributed by atoms with Gasteiger partial charge >= 0.3 is 0 Å². The average molecular weight is 317 g/mol. The maximum absolute atomic E-state index is 9.08. The monoisotopic (exact) mass is 317 g/mol. The van der Waals surface area contributed by atoms with Crippen LogP contribution in [0.5, 0.6) is 0 Å². The lowest BCUT2D eigenvalue weighted by Crippen LogP contribution is -1.97. The molecular weight excluding hydrogens is 298 g/mol. The second-order valence-corrected chi connectivity index (χ2v) is 5.88. The van der Waals surface area contributed by atoms with E-state index in [-0.39, 0.29) is 6.61 Å². The van der Waals surface area contributed by atoms with Crippen LogP contribution in [-0.2, 0) is 11.4 Å². The number of nitrogens with zero attached hydrogens (tertiary/aromatic N) is 3. The minimum absolute atomic E-state index is 0.281. The van der Waals surface area contributed by atoms with Gasteiger partial charge in [0.25, 0.3) is 0 Å². The zero-order valence-corrected chi connectivity index (χ0v) is 13.8. The first-order valence-corrected chi connectivity index (χ1v) is 7.93. The third-order valence-electron chi connectivity index (χ3n) is 3.95. The Morgan fingerprint density at radius 1 is 1.17 bits per heavy atom. The third-order valence-corrected chi connectivity index (χ3v) is 3.95. The predicted molar refractivity (Wildman–Crippen MR) is 95.9 cm³/mol. The summed E-state index contributed by atoms with van der Waals surface area (Å²) < 4.78 is 2.22. The van der Waals surface area contributed by atoms with Crippen molar-refractivity contribution in [3.8, 4) is 6.07 Å². The molecule has 0 aliphatic carbocycles. The van der Waals surface area contributed by atoms with Gasteiger partial charge < -0.3 is 9.40 Å². The van der Waals surface area contributed by atoms with Crippen molar-refractivity contribution in [2.24, 2.45) is 5.16 Å². The number of fused-ring (bicyclic) bond motifs is 1. The van der Waals surface area contributed by atoms with E-state index in [1.165, 1.54) is 5.52 Å². The topological polar surface area (TPSA) is 50.3 Å². The zero-order valence-electron chi connectivity index (χ0n) is 13.8. The first kappa shape index (κ1) is 15.8. The summed E-state index contributed by atoms with van der Waals surface area (Å²) >= 11 is 0. The van der Waals surface area contributed by atoms with Gasteiger partial charge in [-0.15, -0.1) is 0 Å². The minimum Gasteiger partial charge on any atom is -0.391 e. The lowest BCUT2D eigenvalue weighted by atomic mass is 10.1. The van der Waals surface area contributed by atoms with E-state index in [0.29, 0.717) is 11.6 Å². The fourth-order valence-corrected chi connectivity index (χ4v) is 2.72. The molecule has 0 N–H and O–H groups in total. The summed E-state index contributed by atoms with van der Waals surface area (Å²) in [7, 11) is 0. The summed E-state index contributed by atoms with van der Waals surface area (Å²) in [5, 5.41) is 14.3. The van der Waals surface area contributed by atoms with Gasteiger partial charge in [-0.3, -0.25) is 0 Å². The van der Waals surface area contributed by atoms with Crippen molar-refractivity contribution in [2.75, 3.05) is 0 Å². The number of aromatic nitrogens is 1. The number of para-hydroxylation sites is 1. The average Bonchev–Trinajstić information content (AvgIpc) is 2.98. The van der Waals surface area contributed by atoms with Crippen LogP contribution in [0.15, 0.2) is 59.9 Å². The van der Waals surface area contributed by atoms with Crippen LogP contribution in [0.1, 0.15) is 36.6 Å². The lowest BCUT2D eigenvalue weighted by molar-refractivity contribution is 0.132. The van der Waals surface area contributed by atoms with Crippen LogP contribution in [0, 0.1) is 11.3 Å². The maximum atomic E-state index is 9.08. The number of benzene rings is 2. The maximum Gasteiger partial charge on any atom is 0.143 e. The molecule has 0 radical (unpaired) electrons. The first-order valence-electron chi connectivity index (χ1n) is 7.93. The Morgan fingerprint density at radius 3 is 2.71 bits per heavy atom. The third kappa shape index (κ3) is 3.16. The molecule has 0 atom stereocenters. The van der Waals surface area contributed by atoms with Gasteiger partial charge in [0.1, 0.15) is 6.61 Å². The van der Waals surface area contributed by atoms with Gasteiger partial charge in [0.05, 0.1) is 17.8 Å². The quantitative estimate of drug-likeness (QED) is 0.508. The first-order chi connectivity index (χ1) is 11.7. The van der Waals surface area contributed by atoms with Crippen molar-refractivity contribution in [3.05, 3.63) is 71.4 Å². The number of rotatable bonds is 5. The Labute approximate surface area is 141 Å². The number of hydrogen-bond acceptors (Lipinski definition) is 3. The molecule has 4 nitrogen and oxygen atoms in total. The summed E-state index contributed by atoms with van der Waals surface area (Å²) in [6, 6.07) is 18.2. The smallest absolute Gasteiger partial charge is 0.143 e. The summed E-state index contributed by atoms with van der Waals surface area (Å²) in [6.07, 6.45) is 3.82. The van der Waals surface area contributed by atoms with Crippen LogP contribution in [0.4, 0.5) is 0 Å². The Hall–Kier alpha value is -3.06. The van der Waals surface area contributed by atoms with Crippen LogP contribution >= 0.6 is 0 Å². The van der Waals surface area contributed by atoms with Gasteiger partial charge in [-0.25, -0.2) is 0 Å². The molecule has 1 heterocycles. The van der Waals surface area contributed by atoms with E-state index in [0.717, 1.165) is 16.5 Å². The summed E-state index contributed by atoms with van der Waals surface area (Å²) in [4.78, 5) is 5.39. The molecule has 2 aromatic carbocycles.